The van der Waals surface area contributed by atoms with E-state index >= 15 is 0 Å². The number of hydrogen-bond acceptors (Lipinski definition) is 5. The van der Waals surface area contributed by atoms with Crippen LogP contribution in [0.3, 0.4) is 0 Å². The Morgan fingerprint density at radius 1 is 1.20 bits per heavy atom. The van der Waals surface area contributed by atoms with E-state index in [2.05, 4.69) is 36.8 Å². The molecule has 4 rings (SSSR count). The molecule has 1 aromatic carbocycles. The zero-order chi connectivity index (χ0) is 25.1. The third-order valence-corrected chi connectivity index (χ3v) is 7.88. The van der Waals surface area contributed by atoms with Gasteiger partial charge in [-0.15, -0.1) is 11.3 Å². The Morgan fingerprint density at radius 3 is 2.63 bits per heavy atom. The van der Waals surface area contributed by atoms with E-state index in [1.54, 1.807) is 0 Å². The van der Waals surface area contributed by atoms with Gasteiger partial charge in [-0.2, -0.15) is 0 Å². The second-order valence-corrected chi connectivity index (χ2v) is 10.5. The van der Waals surface area contributed by atoms with Gasteiger partial charge in [0.25, 0.3) is 5.91 Å². The molecule has 35 heavy (non-hydrogen) atoms. The molecule has 186 valence electrons. The van der Waals surface area contributed by atoms with E-state index in [-0.39, 0.29) is 29.7 Å². The predicted octanol–water partition coefficient (Wildman–Crippen LogP) is 4.20. The minimum absolute atomic E-state index is 0.00495. The summed E-state index contributed by atoms with van der Waals surface area (Å²) in [6.07, 6.45) is 7.30. The maximum absolute atomic E-state index is 13.6. The van der Waals surface area contributed by atoms with Crippen molar-refractivity contribution >= 4 is 34.2 Å². The van der Waals surface area contributed by atoms with Gasteiger partial charge >= 0.3 is 0 Å². The van der Waals surface area contributed by atoms with E-state index in [4.69, 9.17) is 0 Å². The van der Waals surface area contributed by atoms with Crippen LogP contribution >= 0.6 is 11.3 Å². The second kappa shape index (κ2) is 10.7. The molecule has 1 N–H and O–H groups in total. The summed E-state index contributed by atoms with van der Waals surface area (Å²) in [6, 6.07) is 4.14. The molecule has 1 saturated carbocycles. The minimum Gasteiger partial charge on any atom is -0.335 e. The van der Waals surface area contributed by atoms with Crippen LogP contribution in [0.5, 0.6) is 0 Å². The molecule has 0 bridgehead atoms. The summed E-state index contributed by atoms with van der Waals surface area (Å²) in [6.45, 7) is 11.4. The van der Waals surface area contributed by atoms with Crippen molar-refractivity contribution in [3.63, 3.8) is 0 Å². The molecule has 2 heterocycles. The summed E-state index contributed by atoms with van der Waals surface area (Å²) in [4.78, 5) is 47.0. The van der Waals surface area contributed by atoms with Crippen molar-refractivity contribution in [1.29, 1.82) is 0 Å². The van der Waals surface area contributed by atoms with Gasteiger partial charge in [0.15, 0.2) is 5.13 Å². The zero-order valence-electron chi connectivity index (χ0n) is 20.8. The van der Waals surface area contributed by atoms with Crippen LogP contribution in [0.15, 0.2) is 31.0 Å². The highest BCUT2D eigenvalue weighted by Gasteiger charge is 2.32. The van der Waals surface area contributed by atoms with Crippen molar-refractivity contribution in [2.24, 2.45) is 5.92 Å². The number of carbonyl (C=O) groups excluding carboxylic acids is 3. The highest BCUT2D eigenvalue weighted by molar-refractivity contribution is 7.15. The third-order valence-electron chi connectivity index (χ3n) is 6.97. The number of thiazole rings is 1. The number of piperazine rings is 1. The Bertz CT molecular complexity index is 1140. The maximum atomic E-state index is 13.6. The smallest absolute Gasteiger partial charge is 0.254 e. The lowest BCUT2D eigenvalue weighted by molar-refractivity contribution is -0.130. The number of anilines is 1. The first-order valence-corrected chi connectivity index (χ1v) is 13.3. The summed E-state index contributed by atoms with van der Waals surface area (Å²) >= 11 is 1.49. The molecule has 1 aliphatic carbocycles. The van der Waals surface area contributed by atoms with Crippen molar-refractivity contribution in [3.8, 4) is 0 Å². The second-order valence-electron chi connectivity index (χ2n) is 9.41. The zero-order valence-corrected chi connectivity index (χ0v) is 21.6. The lowest BCUT2D eigenvalue weighted by atomic mass is 9.94. The van der Waals surface area contributed by atoms with Gasteiger partial charge in [-0.25, -0.2) is 4.98 Å². The van der Waals surface area contributed by atoms with Crippen LogP contribution in [-0.2, 0) is 22.4 Å². The summed E-state index contributed by atoms with van der Waals surface area (Å²) in [5.41, 5.74) is 4.00. The number of nitrogens with zero attached hydrogens (tertiary/aromatic N) is 3. The SMILES string of the molecule is C=CC(=O)N1CCN(C(=O)c2cc(Cc3cnc(NC(=O)C4CC4)s3)c(C)cc2CC)C[C@H]1CC. The van der Waals surface area contributed by atoms with Gasteiger partial charge in [-0.1, -0.05) is 26.5 Å². The Kier molecular flexibility index (Phi) is 7.69. The van der Waals surface area contributed by atoms with E-state index in [1.807, 2.05) is 29.0 Å². The Morgan fingerprint density at radius 2 is 1.97 bits per heavy atom. The molecule has 0 radical (unpaired) electrons. The fourth-order valence-electron chi connectivity index (χ4n) is 4.65. The summed E-state index contributed by atoms with van der Waals surface area (Å²) in [7, 11) is 0. The Balaban J connectivity index is 1.52. The van der Waals surface area contributed by atoms with Gasteiger partial charge in [-0.05, 0) is 61.4 Å². The Labute approximate surface area is 211 Å². The average molecular weight is 495 g/mol. The first-order chi connectivity index (χ1) is 16.8. The largest absolute Gasteiger partial charge is 0.335 e. The van der Waals surface area contributed by atoms with E-state index in [0.29, 0.717) is 31.2 Å². The third kappa shape index (κ3) is 5.64. The van der Waals surface area contributed by atoms with Crippen LogP contribution in [0.4, 0.5) is 5.13 Å². The summed E-state index contributed by atoms with van der Waals surface area (Å²) < 4.78 is 0. The number of carbonyl (C=O) groups is 3. The molecular weight excluding hydrogens is 460 g/mol. The number of rotatable bonds is 8. The number of aromatic nitrogens is 1. The molecule has 0 unspecified atom stereocenters. The standard InChI is InChI=1S/C27H34N4O3S/c1-5-18-12-17(4)20(13-22-15-28-27(35-22)29-25(33)19-8-9-19)14-23(18)26(34)30-10-11-31(24(32)7-3)21(6-2)16-30/h7,12,14-15,19,21H,3,5-6,8-11,13,16H2,1-2,4H3,(H,28,29,33)/t21-/m1/s1. The van der Waals surface area contributed by atoms with Gasteiger partial charge < -0.3 is 15.1 Å². The number of benzene rings is 1. The van der Waals surface area contributed by atoms with E-state index in [1.165, 1.54) is 17.4 Å². The average Bonchev–Trinajstić information content (AvgIpc) is 3.64. The van der Waals surface area contributed by atoms with Crippen molar-refractivity contribution in [2.45, 2.75) is 58.9 Å². The molecule has 0 spiro atoms. The quantitative estimate of drug-likeness (QED) is 0.558. The molecule has 1 saturated heterocycles. The topological polar surface area (TPSA) is 82.6 Å². The molecule has 2 fully saturated rings. The van der Waals surface area contributed by atoms with E-state index in [0.717, 1.165) is 52.8 Å². The van der Waals surface area contributed by atoms with Crippen molar-refractivity contribution in [1.82, 2.24) is 14.8 Å². The number of nitrogens with one attached hydrogen (secondary N) is 1. The van der Waals surface area contributed by atoms with Crippen LogP contribution in [0.25, 0.3) is 0 Å². The molecule has 7 nitrogen and oxygen atoms in total. The van der Waals surface area contributed by atoms with Crippen LogP contribution in [0.1, 0.15) is 65.0 Å². The summed E-state index contributed by atoms with van der Waals surface area (Å²) in [5.74, 6) is 0.147. The fourth-order valence-corrected chi connectivity index (χ4v) is 5.49. The van der Waals surface area contributed by atoms with Gasteiger partial charge in [-0.3, -0.25) is 14.4 Å². The van der Waals surface area contributed by atoms with Crippen molar-refractivity contribution < 1.29 is 14.4 Å². The molecule has 8 heteroatoms. The number of hydrogen-bond donors (Lipinski definition) is 1. The highest BCUT2D eigenvalue weighted by Crippen LogP contribution is 2.31. The highest BCUT2D eigenvalue weighted by atomic mass is 32.1. The molecule has 2 aliphatic rings. The van der Waals surface area contributed by atoms with Crippen LogP contribution in [0, 0.1) is 12.8 Å². The molecule has 2 aromatic rings. The number of amides is 3. The normalized spacial score (nSPS) is 17.9. The molecule has 1 aromatic heterocycles. The summed E-state index contributed by atoms with van der Waals surface area (Å²) in [5, 5.41) is 3.55. The van der Waals surface area contributed by atoms with Gasteiger partial charge in [0.1, 0.15) is 0 Å². The molecular formula is C27H34N4O3S. The van der Waals surface area contributed by atoms with Gasteiger partial charge in [0, 0.05) is 54.7 Å². The molecule has 3 amide bonds. The molecule has 1 aliphatic heterocycles. The van der Waals surface area contributed by atoms with Crippen LogP contribution in [-0.4, -0.2) is 58.2 Å². The monoisotopic (exact) mass is 494 g/mol. The first-order valence-electron chi connectivity index (χ1n) is 12.4. The Hall–Kier alpha value is -3.00. The lowest BCUT2D eigenvalue weighted by Crippen LogP contribution is -2.56. The van der Waals surface area contributed by atoms with Gasteiger partial charge in [0.2, 0.25) is 11.8 Å². The maximum Gasteiger partial charge on any atom is 0.254 e. The van der Waals surface area contributed by atoms with Crippen LogP contribution < -0.4 is 5.32 Å². The van der Waals surface area contributed by atoms with Gasteiger partial charge in [0.05, 0.1) is 0 Å². The lowest BCUT2D eigenvalue weighted by Gasteiger charge is -2.41. The van der Waals surface area contributed by atoms with E-state index in [9.17, 15) is 14.4 Å². The van der Waals surface area contributed by atoms with Crippen molar-refractivity contribution in [3.05, 3.63) is 58.1 Å². The van der Waals surface area contributed by atoms with Crippen LogP contribution in [0.2, 0.25) is 0 Å². The van der Waals surface area contributed by atoms with Crippen molar-refractivity contribution in [2.75, 3.05) is 25.0 Å². The first kappa shape index (κ1) is 25.1. The minimum atomic E-state index is -0.0759. The number of aryl methyl sites for hydroxylation is 2. The predicted molar refractivity (Wildman–Crippen MR) is 139 cm³/mol. The fraction of sp³-hybridized carbons (Fsp3) is 0.481. The van der Waals surface area contributed by atoms with E-state index < -0.39 is 0 Å². The molecule has 1 atom stereocenters.